The van der Waals surface area contributed by atoms with Crippen LogP contribution < -0.4 is 10.3 Å². The molecule has 0 spiro atoms. The van der Waals surface area contributed by atoms with Gasteiger partial charge in [0.1, 0.15) is 0 Å². The second kappa shape index (κ2) is 6.59. The highest BCUT2D eigenvalue weighted by molar-refractivity contribution is 7.89. The number of hydrogen-bond donors (Lipinski definition) is 1. The Morgan fingerprint density at radius 1 is 1.00 bits per heavy atom. The SMILES string of the molecule is Cc1cc2ccccc2n(CCNS(=O)(=O)c2ccccc2)c1=O. The molecule has 0 aliphatic carbocycles. The third-order valence-corrected chi connectivity index (χ3v) is 5.34. The van der Waals surface area contributed by atoms with Crippen LogP contribution in [0.5, 0.6) is 0 Å². The molecule has 0 aliphatic heterocycles. The molecule has 3 aromatic rings. The van der Waals surface area contributed by atoms with Gasteiger partial charge >= 0.3 is 0 Å². The Bertz CT molecular complexity index is 1030. The van der Waals surface area contributed by atoms with Gasteiger partial charge in [-0.15, -0.1) is 0 Å². The first-order valence-corrected chi connectivity index (χ1v) is 9.11. The fourth-order valence-electron chi connectivity index (χ4n) is 2.67. The molecule has 2 aromatic carbocycles. The highest BCUT2D eigenvalue weighted by Gasteiger charge is 2.13. The number of benzene rings is 2. The zero-order valence-corrected chi connectivity index (χ0v) is 14.1. The highest BCUT2D eigenvalue weighted by Crippen LogP contribution is 2.13. The molecule has 0 radical (unpaired) electrons. The quantitative estimate of drug-likeness (QED) is 0.773. The summed E-state index contributed by atoms with van der Waals surface area (Å²) in [6, 6.07) is 17.6. The van der Waals surface area contributed by atoms with Crippen molar-refractivity contribution >= 4 is 20.9 Å². The minimum absolute atomic E-state index is 0.104. The average Bonchev–Trinajstić information content (AvgIpc) is 2.59. The van der Waals surface area contributed by atoms with E-state index in [9.17, 15) is 13.2 Å². The van der Waals surface area contributed by atoms with E-state index in [2.05, 4.69) is 4.72 Å². The van der Waals surface area contributed by atoms with Crippen LogP contribution in [0, 0.1) is 6.92 Å². The number of aromatic nitrogens is 1. The summed E-state index contributed by atoms with van der Waals surface area (Å²) < 4.78 is 28.6. The maximum absolute atomic E-state index is 12.4. The first-order chi connectivity index (χ1) is 11.5. The predicted octanol–water partition coefficient (Wildman–Crippen LogP) is 2.29. The minimum Gasteiger partial charge on any atom is -0.307 e. The Balaban J connectivity index is 1.84. The molecule has 1 aromatic heterocycles. The molecule has 1 N–H and O–H groups in total. The molecule has 24 heavy (non-hydrogen) atoms. The number of hydrogen-bond acceptors (Lipinski definition) is 3. The van der Waals surface area contributed by atoms with E-state index in [1.165, 1.54) is 12.1 Å². The zero-order valence-electron chi connectivity index (χ0n) is 13.3. The van der Waals surface area contributed by atoms with Crippen molar-refractivity contribution in [2.24, 2.45) is 0 Å². The lowest BCUT2D eigenvalue weighted by Crippen LogP contribution is -2.31. The third-order valence-electron chi connectivity index (χ3n) is 3.86. The van der Waals surface area contributed by atoms with E-state index in [-0.39, 0.29) is 23.5 Å². The van der Waals surface area contributed by atoms with Crippen LogP contribution in [0.25, 0.3) is 10.9 Å². The number of para-hydroxylation sites is 1. The van der Waals surface area contributed by atoms with Gasteiger partial charge in [0, 0.05) is 18.7 Å². The second-order valence-electron chi connectivity index (χ2n) is 5.55. The molecule has 0 bridgehead atoms. The number of rotatable bonds is 5. The van der Waals surface area contributed by atoms with Gasteiger partial charge in [0.15, 0.2) is 0 Å². The Kier molecular flexibility index (Phi) is 4.51. The zero-order chi connectivity index (χ0) is 17.2. The van der Waals surface area contributed by atoms with Gasteiger partial charge in [-0.25, -0.2) is 13.1 Å². The fraction of sp³-hybridized carbons (Fsp3) is 0.167. The molecule has 0 unspecified atom stereocenters. The number of sulfonamides is 1. The maximum Gasteiger partial charge on any atom is 0.253 e. The van der Waals surface area contributed by atoms with Crippen molar-refractivity contribution in [3.8, 4) is 0 Å². The summed E-state index contributed by atoms with van der Waals surface area (Å²) in [5, 5.41) is 0.959. The summed E-state index contributed by atoms with van der Waals surface area (Å²) in [5.74, 6) is 0. The molecule has 124 valence electrons. The molecule has 6 heteroatoms. The van der Waals surface area contributed by atoms with E-state index in [0.29, 0.717) is 5.56 Å². The van der Waals surface area contributed by atoms with Crippen molar-refractivity contribution in [3.63, 3.8) is 0 Å². The lowest BCUT2D eigenvalue weighted by molar-refractivity contribution is 0.572. The Morgan fingerprint density at radius 2 is 1.67 bits per heavy atom. The van der Waals surface area contributed by atoms with Crippen LogP contribution in [0.2, 0.25) is 0 Å². The van der Waals surface area contributed by atoms with E-state index >= 15 is 0 Å². The van der Waals surface area contributed by atoms with Gasteiger partial charge in [0.05, 0.1) is 10.4 Å². The molecule has 0 aliphatic rings. The van der Waals surface area contributed by atoms with Crippen molar-refractivity contribution in [2.75, 3.05) is 6.54 Å². The van der Waals surface area contributed by atoms with Crippen LogP contribution in [-0.4, -0.2) is 19.5 Å². The molecule has 0 saturated carbocycles. The van der Waals surface area contributed by atoms with Gasteiger partial charge in [-0.3, -0.25) is 4.79 Å². The van der Waals surface area contributed by atoms with Crippen LogP contribution in [-0.2, 0) is 16.6 Å². The highest BCUT2D eigenvalue weighted by atomic mass is 32.2. The summed E-state index contributed by atoms with van der Waals surface area (Å²) >= 11 is 0. The number of fused-ring (bicyclic) bond motifs is 1. The standard InChI is InChI=1S/C18H18N2O3S/c1-14-13-15-7-5-6-10-17(15)20(18(14)21)12-11-19-24(22,23)16-8-3-2-4-9-16/h2-10,13,19H,11-12H2,1H3. The lowest BCUT2D eigenvalue weighted by Gasteiger charge is -2.12. The van der Waals surface area contributed by atoms with E-state index in [0.717, 1.165) is 10.9 Å². The molecule has 5 nitrogen and oxygen atoms in total. The van der Waals surface area contributed by atoms with Crippen molar-refractivity contribution in [1.82, 2.24) is 9.29 Å². The minimum atomic E-state index is -3.57. The van der Waals surface area contributed by atoms with E-state index in [4.69, 9.17) is 0 Å². The van der Waals surface area contributed by atoms with Gasteiger partial charge in [0.25, 0.3) is 5.56 Å². The number of nitrogens with one attached hydrogen (secondary N) is 1. The largest absolute Gasteiger partial charge is 0.307 e. The fourth-order valence-corrected chi connectivity index (χ4v) is 3.71. The van der Waals surface area contributed by atoms with Crippen LogP contribution in [0.1, 0.15) is 5.56 Å². The molecule has 3 rings (SSSR count). The molecular weight excluding hydrogens is 324 g/mol. The maximum atomic E-state index is 12.4. The van der Waals surface area contributed by atoms with E-state index in [1.54, 1.807) is 29.7 Å². The van der Waals surface area contributed by atoms with Crippen molar-refractivity contribution in [1.29, 1.82) is 0 Å². The van der Waals surface area contributed by atoms with Crippen molar-refractivity contribution in [2.45, 2.75) is 18.4 Å². The number of aryl methyl sites for hydroxylation is 1. The van der Waals surface area contributed by atoms with E-state index < -0.39 is 10.0 Å². The predicted molar refractivity (Wildman–Crippen MR) is 94.6 cm³/mol. The summed E-state index contributed by atoms with van der Waals surface area (Å²) in [6.07, 6.45) is 0. The topological polar surface area (TPSA) is 68.2 Å². The van der Waals surface area contributed by atoms with Gasteiger partial charge in [-0.1, -0.05) is 36.4 Å². The summed E-state index contributed by atoms with van der Waals surface area (Å²) in [7, 11) is -3.57. The smallest absolute Gasteiger partial charge is 0.253 e. The third kappa shape index (κ3) is 3.25. The first kappa shape index (κ1) is 16.4. The molecule has 0 saturated heterocycles. The second-order valence-corrected chi connectivity index (χ2v) is 7.32. The summed E-state index contributed by atoms with van der Waals surface area (Å²) in [6.45, 7) is 2.18. The summed E-state index contributed by atoms with van der Waals surface area (Å²) in [4.78, 5) is 12.6. The normalized spacial score (nSPS) is 11.7. The van der Waals surface area contributed by atoms with Gasteiger partial charge in [-0.2, -0.15) is 0 Å². The van der Waals surface area contributed by atoms with Crippen LogP contribution in [0.3, 0.4) is 0 Å². The monoisotopic (exact) mass is 342 g/mol. The Hall–Kier alpha value is -2.44. The van der Waals surface area contributed by atoms with Crippen molar-refractivity contribution < 1.29 is 8.42 Å². The molecule has 0 atom stereocenters. The van der Waals surface area contributed by atoms with Crippen molar-refractivity contribution in [3.05, 3.63) is 76.6 Å². The molecular formula is C18H18N2O3S. The van der Waals surface area contributed by atoms with Crippen LogP contribution in [0.15, 0.2) is 70.4 Å². The van der Waals surface area contributed by atoms with Crippen LogP contribution in [0.4, 0.5) is 0 Å². The molecule has 1 heterocycles. The summed E-state index contributed by atoms with van der Waals surface area (Å²) in [5.41, 5.74) is 1.33. The number of nitrogens with zero attached hydrogens (tertiary/aromatic N) is 1. The molecule has 0 fully saturated rings. The Labute approximate surface area is 140 Å². The first-order valence-electron chi connectivity index (χ1n) is 7.63. The van der Waals surface area contributed by atoms with Gasteiger partial charge < -0.3 is 4.57 Å². The van der Waals surface area contributed by atoms with Gasteiger partial charge in [0.2, 0.25) is 10.0 Å². The average molecular weight is 342 g/mol. The Morgan fingerprint density at radius 3 is 2.42 bits per heavy atom. The van der Waals surface area contributed by atoms with Crippen LogP contribution >= 0.6 is 0 Å². The van der Waals surface area contributed by atoms with Gasteiger partial charge in [-0.05, 0) is 36.6 Å². The molecule has 0 amide bonds. The lowest BCUT2D eigenvalue weighted by atomic mass is 10.1. The number of pyridine rings is 1. The van der Waals surface area contributed by atoms with E-state index in [1.807, 2.05) is 30.3 Å².